The van der Waals surface area contributed by atoms with Crippen LogP contribution >= 0.6 is 0 Å². The zero-order chi connectivity index (χ0) is 16.8. The SMILES string of the molecule is CCOC(=O)/C=C/c1ccc(-c2cc([N+](=O)[O-])ccc2OC)o1. The Labute approximate surface area is 132 Å². The lowest BCUT2D eigenvalue weighted by Crippen LogP contribution is -1.98. The number of furan rings is 1. The van der Waals surface area contributed by atoms with Crippen molar-refractivity contribution in [2.24, 2.45) is 0 Å². The fourth-order valence-electron chi connectivity index (χ4n) is 1.93. The highest BCUT2D eigenvalue weighted by molar-refractivity contribution is 5.86. The molecule has 2 aromatic rings. The molecule has 0 saturated carbocycles. The summed E-state index contributed by atoms with van der Waals surface area (Å²) in [6.07, 6.45) is 2.71. The first-order chi connectivity index (χ1) is 11.0. The number of benzene rings is 1. The van der Waals surface area contributed by atoms with E-state index < -0.39 is 10.9 Å². The molecular formula is C16H15NO6. The second kappa shape index (κ2) is 7.26. The molecule has 0 spiro atoms. The summed E-state index contributed by atoms with van der Waals surface area (Å²) in [4.78, 5) is 21.7. The first kappa shape index (κ1) is 16.3. The Morgan fingerprint density at radius 1 is 1.35 bits per heavy atom. The molecule has 0 aliphatic heterocycles. The lowest BCUT2D eigenvalue weighted by atomic mass is 10.1. The highest BCUT2D eigenvalue weighted by Crippen LogP contribution is 2.34. The van der Waals surface area contributed by atoms with Gasteiger partial charge >= 0.3 is 5.97 Å². The Kier molecular flexibility index (Phi) is 5.14. The minimum absolute atomic E-state index is 0.0687. The van der Waals surface area contributed by atoms with Crippen molar-refractivity contribution in [3.63, 3.8) is 0 Å². The van der Waals surface area contributed by atoms with Gasteiger partial charge in [0.25, 0.3) is 5.69 Å². The maximum atomic E-state index is 11.3. The molecule has 2 rings (SSSR count). The van der Waals surface area contributed by atoms with E-state index in [-0.39, 0.29) is 12.3 Å². The molecule has 0 saturated heterocycles. The van der Waals surface area contributed by atoms with Crippen molar-refractivity contribution in [1.29, 1.82) is 0 Å². The maximum Gasteiger partial charge on any atom is 0.330 e. The molecule has 0 amide bonds. The van der Waals surface area contributed by atoms with E-state index in [9.17, 15) is 14.9 Å². The number of carbonyl (C=O) groups excluding carboxylic acids is 1. The van der Waals surface area contributed by atoms with E-state index in [2.05, 4.69) is 0 Å². The zero-order valence-electron chi connectivity index (χ0n) is 12.6. The molecule has 0 radical (unpaired) electrons. The Morgan fingerprint density at radius 2 is 2.13 bits per heavy atom. The predicted octanol–water partition coefficient (Wildman–Crippen LogP) is 3.44. The third-order valence-corrected chi connectivity index (χ3v) is 2.96. The van der Waals surface area contributed by atoms with Gasteiger partial charge in [0.2, 0.25) is 0 Å². The standard InChI is InChI=1S/C16H15NO6/c1-3-22-16(18)9-6-12-5-8-15(23-12)13-10-11(17(19)20)4-7-14(13)21-2/h4-10H,3H2,1-2H3/b9-6+. The normalized spacial score (nSPS) is 10.7. The largest absolute Gasteiger partial charge is 0.496 e. The Morgan fingerprint density at radius 3 is 2.78 bits per heavy atom. The fraction of sp³-hybridized carbons (Fsp3) is 0.188. The van der Waals surface area contributed by atoms with Gasteiger partial charge < -0.3 is 13.9 Å². The number of esters is 1. The van der Waals surface area contributed by atoms with Gasteiger partial charge in [-0.25, -0.2) is 4.79 Å². The van der Waals surface area contributed by atoms with E-state index in [1.54, 1.807) is 19.1 Å². The third-order valence-electron chi connectivity index (χ3n) is 2.96. The van der Waals surface area contributed by atoms with Crippen molar-refractivity contribution >= 4 is 17.7 Å². The molecule has 1 aromatic carbocycles. The fourth-order valence-corrected chi connectivity index (χ4v) is 1.93. The van der Waals surface area contributed by atoms with Gasteiger partial charge in [-0.1, -0.05) is 0 Å². The van der Waals surface area contributed by atoms with Gasteiger partial charge in [0.1, 0.15) is 17.3 Å². The topological polar surface area (TPSA) is 91.8 Å². The Hall–Kier alpha value is -3.09. The molecule has 120 valence electrons. The van der Waals surface area contributed by atoms with Gasteiger partial charge in [-0.05, 0) is 31.2 Å². The molecule has 0 N–H and O–H groups in total. The summed E-state index contributed by atoms with van der Waals surface area (Å²) in [6, 6.07) is 7.52. The lowest BCUT2D eigenvalue weighted by molar-refractivity contribution is -0.384. The van der Waals surface area contributed by atoms with Crippen LogP contribution in [0.2, 0.25) is 0 Å². The number of non-ortho nitro benzene ring substituents is 1. The number of methoxy groups -OCH3 is 1. The van der Waals surface area contributed by atoms with Crippen LogP contribution in [0.25, 0.3) is 17.4 Å². The van der Waals surface area contributed by atoms with E-state index >= 15 is 0 Å². The monoisotopic (exact) mass is 317 g/mol. The number of ether oxygens (including phenoxy) is 2. The summed E-state index contributed by atoms with van der Waals surface area (Å²) in [5.74, 6) is 0.792. The minimum Gasteiger partial charge on any atom is -0.496 e. The number of nitro groups is 1. The average Bonchev–Trinajstić information content (AvgIpc) is 3.01. The maximum absolute atomic E-state index is 11.3. The van der Waals surface area contributed by atoms with Crippen LogP contribution in [0.4, 0.5) is 5.69 Å². The first-order valence-electron chi connectivity index (χ1n) is 6.82. The number of hydrogen-bond donors (Lipinski definition) is 0. The second-order valence-corrected chi connectivity index (χ2v) is 4.43. The molecule has 7 heteroatoms. The van der Waals surface area contributed by atoms with Crippen molar-refractivity contribution in [3.05, 3.63) is 52.3 Å². The third kappa shape index (κ3) is 3.97. The number of rotatable bonds is 6. The molecule has 23 heavy (non-hydrogen) atoms. The highest BCUT2D eigenvalue weighted by Gasteiger charge is 2.15. The summed E-state index contributed by atoms with van der Waals surface area (Å²) >= 11 is 0. The van der Waals surface area contributed by atoms with Crippen LogP contribution in [0.3, 0.4) is 0 Å². The molecular weight excluding hydrogens is 302 g/mol. The molecule has 0 aliphatic rings. The zero-order valence-corrected chi connectivity index (χ0v) is 12.6. The molecule has 1 heterocycles. The Bertz CT molecular complexity index is 747. The van der Waals surface area contributed by atoms with Gasteiger partial charge in [0, 0.05) is 18.2 Å². The number of hydrogen-bond acceptors (Lipinski definition) is 6. The van der Waals surface area contributed by atoms with Gasteiger partial charge in [0.15, 0.2) is 0 Å². The highest BCUT2D eigenvalue weighted by atomic mass is 16.6. The summed E-state index contributed by atoms with van der Waals surface area (Å²) in [6.45, 7) is 2.00. The predicted molar refractivity (Wildman–Crippen MR) is 83.0 cm³/mol. The van der Waals surface area contributed by atoms with Crippen LogP contribution in [0.1, 0.15) is 12.7 Å². The number of carbonyl (C=O) groups is 1. The van der Waals surface area contributed by atoms with E-state index in [1.807, 2.05) is 0 Å². The molecule has 7 nitrogen and oxygen atoms in total. The van der Waals surface area contributed by atoms with Crippen molar-refractivity contribution in [2.75, 3.05) is 13.7 Å². The summed E-state index contributed by atoms with van der Waals surface area (Å²) in [7, 11) is 1.47. The van der Waals surface area contributed by atoms with Crippen LogP contribution in [-0.4, -0.2) is 24.6 Å². The average molecular weight is 317 g/mol. The van der Waals surface area contributed by atoms with Crippen LogP contribution in [0.5, 0.6) is 5.75 Å². The molecule has 0 aliphatic carbocycles. The van der Waals surface area contributed by atoms with Crippen molar-refractivity contribution in [2.45, 2.75) is 6.92 Å². The van der Waals surface area contributed by atoms with E-state index in [0.29, 0.717) is 22.8 Å². The summed E-state index contributed by atoms with van der Waals surface area (Å²) in [5, 5.41) is 10.9. The van der Waals surface area contributed by atoms with E-state index in [0.717, 1.165) is 0 Å². The second-order valence-electron chi connectivity index (χ2n) is 4.43. The van der Waals surface area contributed by atoms with Gasteiger partial charge in [-0.15, -0.1) is 0 Å². The van der Waals surface area contributed by atoms with Crippen LogP contribution in [0, 0.1) is 10.1 Å². The first-order valence-corrected chi connectivity index (χ1v) is 6.82. The summed E-state index contributed by atoms with van der Waals surface area (Å²) in [5.41, 5.74) is 0.387. The van der Waals surface area contributed by atoms with E-state index in [4.69, 9.17) is 13.9 Å². The molecule has 0 atom stereocenters. The lowest BCUT2D eigenvalue weighted by Gasteiger charge is -2.05. The smallest absolute Gasteiger partial charge is 0.330 e. The number of nitro benzene ring substituents is 1. The van der Waals surface area contributed by atoms with Crippen molar-refractivity contribution < 1.29 is 23.6 Å². The van der Waals surface area contributed by atoms with Crippen LogP contribution in [-0.2, 0) is 9.53 Å². The molecule has 0 unspecified atom stereocenters. The van der Waals surface area contributed by atoms with Gasteiger partial charge in [-0.3, -0.25) is 10.1 Å². The van der Waals surface area contributed by atoms with E-state index in [1.165, 1.54) is 37.5 Å². The van der Waals surface area contributed by atoms with Crippen LogP contribution < -0.4 is 4.74 Å². The van der Waals surface area contributed by atoms with Gasteiger partial charge in [-0.2, -0.15) is 0 Å². The quantitative estimate of drug-likeness (QED) is 0.351. The van der Waals surface area contributed by atoms with Crippen LogP contribution in [0.15, 0.2) is 40.8 Å². The van der Waals surface area contributed by atoms with Crippen molar-refractivity contribution in [3.8, 4) is 17.1 Å². The van der Waals surface area contributed by atoms with Crippen molar-refractivity contribution in [1.82, 2.24) is 0 Å². The molecule has 1 aromatic heterocycles. The summed E-state index contributed by atoms with van der Waals surface area (Å²) < 4.78 is 15.5. The van der Waals surface area contributed by atoms with Gasteiger partial charge in [0.05, 0.1) is 24.2 Å². The molecule has 0 bridgehead atoms. The number of nitrogens with zero attached hydrogens (tertiary/aromatic N) is 1. The Balaban J connectivity index is 2.31. The molecule has 0 fully saturated rings. The minimum atomic E-state index is -0.493.